The monoisotopic (exact) mass is 399 g/mol. The fraction of sp³-hybridized carbons (Fsp3) is 0.636. The molecule has 4 aliphatic heterocycles. The van der Waals surface area contributed by atoms with Gasteiger partial charge in [0.25, 0.3) is 5.56 Å². The van der Waals surface area contributed by atoms with Gasteiger partial charge in [0.2, 0.25) is 5.91 Å². The van der Waals surface area contributed by atoms with E-state index in [2.05, 4.69) is 4.90 Å². The van der Waals surface area contributed by atoms with Crippen LogP contribution in [0.15, 0.2) is 35.1 Å². The zero-order valence-electron chi connectivity index (χ0n) is 16.7. The standard InChI is InChI=1S/C22H29N3O4/c26-20-5-3-4-19-17-10-18(21(25(19)20)22(27)24-6-1-2-7-24)13-23(12-17)11-16-14-28-8-9-29-15-16/h1-5,16-18,21H,6-15H2/t17-,18+,21-/m1/s1. The first-order valence-corrected chi connectivity index (χ1v) is 10.7. The summed E-state index contributed by atoms with van der Waals surface area (Å²) in [4.78, 5) is 30.5. The maximum Gasteiger partial charge on any atom is 0.251 e. The molecule has 5 heterocycles. The van der Waals surface area contributed by atoms with Crippen LogP contribution < -0.4 is 5.56 Å². The number of pyridine rings is 1. The van der Waals surface area contributed by atoms with E-state index in [0.29, 0.717) is 32.2 Å². The molecule has 0 unspecified atom stereocenters. The van der Waals surface area contributed by atoms with Gasteiger partial charge in [-0.05, 0) is 12.5 Å². The van der Waals surface area contributed by atoms with E-state index in [1.807, 2.05) is 29.2 Å². The largest absolute Gasteiger partial charge is 0.379 e. The number of fused-ring (bicyclic) bond motifs is 4. The second-order valence-electron chi connectivity index (χ2n) is 8.75. The number of hydrogen-bond donors (Lipinski definition) is 0. The summed E-state index contributed by atoms with van der Waals surface area (Å²) in [6, 6.07) is 5.05. The van der Waals surface area contributed by atoms with Crippen molar-refractivity contribution in [3.8, 4) is 0 Å². The zero-order chi connectivity index (χ0) is 19.8. The number of piperidine rings is 1. The molecule has 7 nitrogen and oxygen atoms in total. The fourth-order valence-electron chi connectivity index (χ4n) is 5.48. The Bertz CT molecular complexity index is 835. The van der Waals surface area contributed by atoms with Crippen molar-refractivity contribution in [1.29, 1.82) is 0 Å². The SMILES string of the molecule is O=C([C@H]1[C@H]2C[C@H](CN(CC3COCCOC3)C2)c2cccc(=O)n21)N1CC=CC1. The Morgan fingerprint density at radius 3 is 2.59 bits per heavy atom. The summed E-state index contributed by atoms with van der Waals surface area (Å²) in [5.74, 6) is 0.875. The number of rotatable bonds is 3. The van der Waals surface area contributed by atoms with Gasteiger partial charge in [-0.3, -0.25) is 14.2 Å². The van der Waals surface area contributed by atoms with Crippen LogP contribution in [0.5, 0.6) is 0 Å². The minimum absolute atomic E-state index is 0.0540. The highest BCUT2D eigenvalue weighted by molar-refractivity contribution is 5.82. The summed E-state index contributed by atoms with van der Waals surface area (Å²) in [7, 11) is 0. The number of amides is 1. The molecular weight excluding hydrogens is 370 g/mol. The lowest BCUT2D eigenvalue weighted by Gasteiger charge is -2.47. The Labute approximate surface area is 170 Å². The van der Waals surface area contributed by atoms with Gasteiger partial charge in [-0.25, -0.2) is 0 Å². The average molecular weight is 399 g/mol. The van der Waals surface area contributed by atoms with Crippen molar-refractivity contribution in [2.24, 2.45) is 11.8 Å². The van der Waals surface area contributed by atoms with Crippen molar-refractivity contribution in [1.82, 2.24) is 14.4 Å². The quantitative estimate of drug-likeness (QED) is 0.706. The molecule has 0 aromatic carbocycles. The van der Waals surface area contributed by atoms with Crippen LogP contribution in [0.3, 0.4) is 0 Å². The molecule has 156 valence electrons. The number of carbonyl (C=O) groups is 1. The van der Waals surface area contributed by atoms with Gasteiger partial charge < -0.3 is 19.3 Å². The van der Waals surface area contributed by atoms with Gasteiger partial charge in [0, 0.05) is 62.2 Å². The predicted octanol–water partition coefficient (Wildman–Crippen LogP) is 0.870. The number of likely N-dealkylation sites (tertiary alicyclic amines) is 1. The van der Waals surface area contributed by atoms with E-state index < -0.39 is 6.04 Å². The second kappa shape index (κ2) is 8.05. The first-order valence-electron chi connectivity index (χ1n) is 10.7. The van der Waals surface area contributed by atoms with Gasteiger partial charge in [0.1, 0.15) is 6.04 Å². The average Bonchev–Trinajstić information content (AvgIpc) is 3.14. The van der Waals surface area contributed by atoms with Gasteiger partial charge in [0.15, 0.2) is 0 Å². The lowest BCUT2D eigenvalue weighted by molar-refractivity contribution is -0.137. The molecule has 0 saturated carbocycles. The summed E-state index contributed by atoms with van der Waals surface area (Å²) in [6.45, 7) is 6.74. The maximum absolute atomic E-state index is 13.4. The normalized spacial score (nSPS) is 30.2. The molecule has 5 rings (SSSR count). The highest BCUT2D eigenvalue weighted by atomic mass is 16.5. The molecule has 0 radical (unpaired) electrons. The Morgan fingerprint density at radius 1 is 1.07 bits per heavy atom. The predicted molar refractivity (Wildman–Crippen MR) is 108 cm³/mol. The lowest BCUT2D eigenvalue weighted by Crippen LogP contribution is -2.54. The first-order chi connectivity index (χ1) is 14.2. The number of ether oxygens (including phenoxy) is 2. The van der Waals surface area contributed by atoms with Crippen LogP contribution >= 0.6 is 0 Å². The van der Waals surface area contributed by atoms with Crippen molar-refractivity contribution in [3.05, 3.63) is 46.4 Å². The molecular formula is C22H29N3O4. The van der Waals surface area contributed by atoms with Gasteiger partial charge in [0.05, 0.1) is 26.4 Å². The van der Waals surface area contributed by atoms with Crippen molar-refractivity contribution in [3.63, 3.8) is 0 Å². The Kier molecular flexibility index (Phi) is 5.28. The molecule has 4 aliphatic rings. The highest BCUT2D eigenvalue weighted by Gasteiger charge is 2.45. The molecule has 2 bridgehead atoms. The van der Waals surface area contributed by atoms with E-state index in [1.165, 1.54) is 0 Å². The van der Waals surface area contributed by atoms with Gasteiger partial charge in [-0.15, -0.1) is 0 Å². The summed E-state index contributed by atoms with van der Waals surface area (Å²) < 4.78 is 13.2. The first kappa shape index (κ1) is 19.0. The zero-order valence-corrected chi connectivity index (χ0v) is 16.7. The van der Waals surface area contributed by atoms with E-state index >= 15 is 0 Å². The Balaban J connectivity index is 1.42. The Morgan fingerprint density at radius 2 is 1.83 bits per heavy atom. The summed E-state index contributed by atoms with van der Waals surface area (Å²) in [6.07, 6.45) is 5.02. The van der Waals surface area contributed by atoms with Crippen LogP contribution in [0.25, 0.3) is 0 Å². The molecule has 3 atom stereocenters. The van der Waals surface area contributed by atoms with Crippen molar-refractivity contribution >= 4 is 5.91 Å². The van der Waals surface area contributed by atoms with Crippen LogP contribution in [0.2, 0.25) is 0 Å². The number of hydrogen-bond acceptors (Lipinski definition) is 5. The second-order valence-corrected chi connectivity index (χ2v) is 8.75. The topological polar surface area (TPSA) is 64.0 Å². The Hall–Kier alpha value is -1.96. The number of nitrogens with zero attached hydrogens (tertiary/aromatic N) is 3. The minimum Gasteiger partial charge on any atom is -0.379 e. The molecule has 0 N–H and O–H groups in total. The van der Waals surface area contributed by atoms with Crippen LogP contribution in [0, 0.1) is 11.8 Å². The molecule has 0 spiro atoms. The van der Waals surface area contributed by atoms with Crippen LogP contribution in [0.4, 0.5) is 0 Å². The van der Waals surface area contributed by atoms with Crippen molar-refractivity contribution in [2.45, 2.75) is 18.4 Å². The van der Waals surface area contributed by atoms with Crippen molar-refractivity contribution in [2.75, 3.05) is 59.2 Å². The molecule has 2 fully saturated rings. The summed E-state index contributed by atoms with van der Waals surface area (Å²) in [5, 5.41) is 0. The lowest BCUT2D eigenvalue weighted by atomic mass is 9.77. The maximum atomic E-state index is 13.4. The van der Waals surface area contributed by atoms with Crippen molar-refractivity contribution < 1.29 is 14.3 Å². The smallest absolute Gasteiger partial charge is 0.251 e. The fourth-order valence-corrected chi connectivity index (χ4v) is 5.48. The number of aromatic nitrogens is 1. The third kappa shape index (κ3) is 3.67. The summed E-state index contributed by atoms with van der Waals surface area (Å²) in [5.41, 5.74) is 0.957. The van der Waals surface area contributed by atoms with E-state index in [4.69, 9.17) is 9.47 Å². The molecule has 1 amide bonds. The molecule has 0 aliphatic carbocycles. The molecule has 29 heavy (non-hydrogen) atoms. The van der Waals surface area contributed by atoms with Gasteiger partial charge >= 0.3 is 0 Å². The molecule has 2 saturated heterocycles. The van der Waals surface area contributed by atoms with E-state index in [9.17, 15) is 9.59 Å². The highest BCUT2D eigenvalue weighted by Crippen LogP contribution is 2.42. The van der Waals surface area contributed by atoms with Gasteiger partial charge in [-0.1, -0.05) is 18.2 Å². The van der Waals surface area contributed by atoms with E-state index in [1.54, 1.807) is 10.6 Å². The molecule has 7 heteroatoms. The molecule has 1 aromatic heterocycles. The van der Waals surface area contributed by atoms with Crippen LogP contribution in [0.1, 0.15) is 24.1 Å². The van der Waals surface area contributed by atoms with Crippen LogP contribution in [-0.2, 0) is 14.3 Å². The number of carbonyl (C=O) groups excluding carboxylic acids is 1. The van der Waals surface area contributed by atoms with Gasteiger partial charge in [-0.2, -0.15) is 0 Å². The third-order valence-electron chi connectivity index (χ3n) is 6.70. The summed E-state index contributed by atoms with van der Waals surface area (Å²) >= 11 is 0. The van der Waals surface area contributed by atoms with Crippen LogP contribution in [-0.4, -0.2) is 79.4 Å². The third-order valence-corrected chi connectivity index (χ3v) is 6.70. The van der Waals surface area contributed by atoms with E-state index in [0.717, 1.165) is 45.0 Å². The minimum atomic E-state index is -0.403. The van der Waals surface area contributed by atoms with E-state index in [-0.39, 0.29) is 23.3 Å². The molecule has 1 aromatic rings.